The maximum atomic E-state index is 11.0. The minimum Gasteiger partial charge on any atom is -0.282 e. The van der Waals surface area contributed by atoms with Crippen molar-refractivity contribution in [3.63, 3.8) is 0 Å². The highest BCUT2D eigenvalue weighted by molar-refractivity contribution is 5.71. The molecule has 0 saturated heterocycles. The molecule has 1 N–H and O–H groups in total. The highest BCUT2D eigenvalue weighted by Crippen LogP contribution is 2.27. The van der Waals surface area contributed by atoms with Gasteiger partial charge in [-0.2, -0.15) is 10.3 Å². The maximum absolute atomic E-state index is 11.0. The summed E-state index contributed by atoms with van der Waals surface area (Å²) in [5.74, 6) is 0.154. The lowest BCUT2D eigenvalue weighted by Gasteiger charge is -2.17. The van der Waals surface area contributed by atoms with Crippen molar-refractivity contribution >= 4 is 17.3 Å². The number of para-hydroxylation sites is 1. The Morgan fingerprint density at radius 1 is 0.839 bits per heavy atom. The van der Waals surface area contributed by atoms with Crippen LogP contribution in [0, 0.1) is 21.6 Å². The third-order valence-electron chi connectivity index (χ3n) is 4.47. The molecule has 0 aliphatic heterocycles. The first-order valence-corrected chi connectivity index (χ1v) is 9.35. The number of nitro benzene ring substituents is 1. The molecule has 3 aromatic carbocycles. The predicted octanol–water partition coefficient (Wildman–Crippen LogP) is 5.03. The molecule has 4 aromatic rings. The lowest BCUT2D eigenvalue weighted by Crippen LogP contribution is -2.26. The van der Waals surface area contributed by atoms with E-state index in [2.05, 4.69) is 21.6 Å². The van der Waals surface area contributed by atoms with Crippen molar-refractivity contribution in [1.29, 1.82) is 5.26 Å². The fourth-order valence-electron chi connectivity index (χ4n) is 2.95. The fraction of sp³-hybridized carbons (Fsp3) is 0. The molecule has 0 bridgehead atoms. The van der Waals surface area contributed by atoms with Gasteiger partial charge >= 0.3 is 0 Å². The normalized spacial score (nSPS) is 10.2. The molecule has 8 nitrogen and oxygen atoms in total. The van der Waals surface area contributed by atoms with E-state index in [4.69, 9.17) is 0 Å². The minimum absolute atomic E-state index is 0.00860. The molecule has 0 amide bonds. The summed E-state index contributed by atoms with van der Waals surface area (Å²) >= 11 is 0. The molecule has 1 heterocycles. The second kappa shape index (κ2) is 8.71. The van der Waals surface area contributed by atoms with Crippen LogP contribution in [0.4, 0.5) is 17.3 Å². The average Bonchev–Trinajstić information content (AvgIpc) is 2.83. The maximum Gasteiger partial charge on any atom is 0.269 e. The molecule has 0 fully saturated rings. The fourth-order valence-corrected chi connectivity index (χ4v) is 2.95. The number of nitrogens with zero attached hydrogens (tertiary/aromatic N) is 5. The van der Waals surface area contributed by atoms with Crippen LogP contribution in [0.1, 0.15) is 0 Å². The Bertz CT molecular complexity index is 1240. The minimum atomic E-state index is -0.453. The van der Waals surface area contributed by atoms with Gasteiger partial charge in [0.2, 0.25) is 6.19 Å². The number of hydrazine groups is 1. The molecule has 0 aliphatic carbocycles. The monoisotopic (exact) mass is 408 g/mol. The Morgan fingerprint density at radius 3 is 1.94 bits per heavy atom. The zero-order valence-electron chi connectivity index (χ0n) is 16.2. The van der Waals surface area contributed by atoms with Gasteiger partial charge in [-0.25, -0.2) is 9.97 Å². The van der Waals surface area contributed by atoms with Crippen LogP contribution >= 0.6 is 0 Å². The van der Waals surface area contributed by atoms with Gasteiger partial charge in [0.1, 0.15) is 0 Å². The first-order chi connectivity index (χ1) is 15.1. The molecule has 31 heavy (non-hydrogen) atoms. The first kappa shape index (κ1) is 19.5. The molecule has 8 heteroatoms. The lowest BCUT2D eigenvalue weighted by atomic mass is 10.1. The predicted molar refractivity (Wildman–Crippen MR) is 118 cm³/mol. The Hall–Kier alpha value is -4.77. The van der Waals surface area contributed by atoms with E-state index in [9.17, 15) is 15.4 Å². The van der Waals surface area contributed by atoms with Gasteiger partial charge in [-0.1, -0.05) is 48.5 Å². The third kappa shape index (κ3) is 4.46. The number of rotatable bonds is 6. The van der Waals surface area contributed by atoms with Gasteiger partial charge in [-0.05, 0) is 30.3 Å². The van der Waals surface area contributed by atoms with Crippen molar-refractivity contribution in [2.75, 3.05) is 10.4 Å². The molecule has 0 saturated carbocycles. The van der Waals surface area contributed by atoms with Crippen molar-refractivity contribution in [1.82, 2.24) is 9.97 Å². The molecular weight excluding hydrogens is 392 g/mol. The van der Waals surface area contributed by atoms with E-state index in [-0.39, 0.29) is 11.6 Å². The van der Waals surface area contributed by atoms with Crippen LogP contribution in [0.25, 0.3) is 22.5 Å². The lowest BCUT2D eigenvalue weighted by molar-refractivity contribution is -0.384. The topological polar surface area (TPSA) is 108 Å². The van der Waals surface area contributed by atoms with E-state index in [0.717, 1.165) is 5.56 Å². The Kier molecular flexibility index (Phi) is 5.49. The number of nitrogens with one attached hydrogen (secondary N) is 1. The quantitative estimate of drug-likeness (QED) is 0.206. The van der Waals surface area contributed by atoms with Gasteiger partial charge in [-0.3, -0.25) is 15.5 Å². The van der Waals surface area contributed by atoms with Crippen LogP contribution in [-0.4, -0.2) is 14.9 Å². The second-order valence-electron chi connectivity index (χ2n) is 6.52. The Balaban J connectivity index is 1.79. The summed E-state index contributed by atoms with van der Waals surface area (Å²) in [5, 5.41) is 21.9. The van der Waals surface area contributed by atoms with Crippen LogP contribution < -0.4 is 10.4 Å². The smallest absolute Gasteiger partial charge is 0.269 e. The molecule has 0 aliphatic rings. The van der Waals surface area contributed by atoms with E-state index in [1.165, 1.54) is 17.1 Å². The Morgan fingerprint density at radius 2 is 1.39 bits per heavy atom. The van der Waals surface area contributed by atoms with E-state index >= 15 is 0 Å². The van der Waals surface area contributed by atoms with E-state index < -0.39 is 4.92 Å². The van der Waals surface area contributed by atoms with E-state index in [0.29, 0.717) is 22.6 Å². The summed E-state index contributed by atoms with van der Waals surface area (Å²) in [4.78, 5) is 19.6. The van der Waals surface area contributed by atoms with Gasteiger partial charge < -0.3 is 0 Å². The van der Waals surface area contributed by atoms with Gasteiger partial charge in [0.05, 0.1) is 22.0 Å². The van der Waals surface area contributed by atoms with Crippen molar-refractivity contribution in [2.45, 2.75) is 0 Å². The summed E-state index contributed by atoms with van der Waals surface area (Å²) in [6.07, 6.45) is 2.06. The van der Waals surface area contributed by atoms with E-state index in [1.807, 2.05) is 60.7 Å². The van der Waals surface area contributed by atoms with Crippen LogP contribution in [0.3, 0.4) is 0 Å². The number of benzene rings is 3. The second-order valence-corrected chi connectivity index (χ2v) is 6.52. The zero-order chi connectivity index (χ0) is 21.6. The van der Waals surface area contributed by atoms with Crippen LogP contribution in [0.2, 0.25) is 0 Å². The van der Waals surface area contributed by atoms with Gasteiger partial charge in [0.25, 0.3) is 11.6 Å². The molecule has 0 radical (unpaired) electrons. The highest BCUT2D eigenvalue weighted by atomic mass is 16.6. The number of nitro groups is 1. The van der Waals surface area contributed by atoms with Crippen molar-refractivity contribution < 1.29 is 4.92 Å². The number of anilines is 2. The van der Waals surface area contributed by atoms with Crippen LogP contribution in [0.5, 0.6) is 0 Å². The van der Waals surface area contributed by atoms with Crippen molar-refractivity contribution in [3.05, 3.63) is 101 Å². The summed E-state index contributed by atoms with van der Waals surface area (Å²) < 4.78 is 0. The zero-order valence-corrected chi connectivity index (χ0v) is 16.2. The number of hydrogen-bond donors (Lipinski definition) is 1. The van der Waals surface area contributed by atoms with Gasteiger partial charge in [0, 0.05) is 23.3 Å². The molecule has 0 atom stereocenters. The summed E-state index contributed by atoms with van der Waals surface area (Å²) in [7, 11) is 0. The molecule has 0 spiro atoms. The Labute approximate surface area is 178 Å². The van der Waals surface area contributed by atoms with Crippen molar-refractivity contribution in [2.24, 2.45) is 0 Å². The average molecular weight is 408 g/mol. The first-order valence-electron chi connectivity index (χ1n) is 9.35. The SMILES string of the molecule is N#CN(Nc1ccccc1)c1nc(-c2ccccc2)cc(-c2ccc([N+](=O)[O-])cc2)n1. The van der Waals surface area contributed by atoms with Crippen LogP contribution in [-0.2, 0) is 0 Å². The van der Waals surface area contributed by atoms with Crippen molar-refractivity contribution in [3.8, 4) is 28.7 Å². The summed E-state index contributed by atoms with van der Waals surface area (Å²) in [6.45, 7) is 0. The van der Waals surface area contributed by atoms with Gasteiger partial charge in [0.15, 0.2) is 0 Å². The highest BCUT2D eigenvalue weighted by Gasteiger charge is 2.15. The molecule has 0 unspecified atom stereocenters. The third-order valence-corrected chi connectivity index (χ3v) is 4.47. The number of non-ortho nitro benzene ring substituents is 1. The summed E-state index contributed by atoms with van der Waals surface area (Å²) in [5.41, 5.74) is 6.36. The number of nitriles is 1. The standard InChI is InChI=1S/C23H16N6O2/c24-16-28(27-19-9-5-2-6-10-19)23-25-21(17-7-3-1-4-8-17)15-22(26-23)18-11-13-20(14-12-18)29(30)31/h1-15,27H. The molecular formula is C23H16N6O2. The van der Waals surface area contributed by atoms with Crippen LogP contribution in [0.15, 0.2) is 91.0 Å². The van der Waals surface area contributed by atoms with Gasteiger partial charge in [-0.15, -0.1) is 0 Å². The molecule has 4 rings (SSSR count). The van der Waals surface area contributed by atoms with E-state index in [1.54, 1.807) is 18.2 Å². The summed E-state index contributed by atoms with van der Waals surface area (Å²) in [6, 6.07) is 26.6. The number of hydrogen-bond acceptors (Lipinski definition) is 7. The largest absolute Gasteiger partial charge is 0.282 e. The molecule has 150 valence electrons. The number of aromatic nitrogens is 2. The molecule has 1 aromatic heterocycles.